The molecule has 33 heavy (non-hydrogen) atoms. The van der Waals surface area contributed by atoms with Crippen LogP contribution < -0.4 is 11.1 Å². The van der Waals surface area contributed by atoms with Crippen LogP contribution in [0.25, 0.3) is 0 Å². The van der Waals surface area contributed by atoms with Crippen LogP contribution in [0.15, 0.2) is 40.8 Å². The molecule has 0 aliphatic heterocycles. The molecule has 0 saturated heterocycles. The molecule has 3 rings (SSSR count). The van der Waals surface area contributed by atoms with E-state index in [1.807, 2.05) is 26.0 Å². The second kappa shape index (κ2) is 10.6. The van der Waals surface area contributed by atoms with Gasteiger partial charge in [-0.1, -0.05) is 25.5 Å². The number of anilines is 1. The van der Waals surface area contributed by atoms with E-state index in [0.29, 0.717) is 30.2 Å². The molecule has 1 aromatic carbocycles. The average molecular weight is 452 g/mol. The van der Waals surface area contributed by atoms with Crippen molar-refractivity contribution in [3.05, 3.63) is 70.6 Å². The minimum atomic E-state index is -0.751. The van der Waals surface area contributed by atoms with Crippen molar-refractivity contribution in [2.75, 3.05) is 18.4 Å². The van der Waals surface area contributed by atoms with Crippen molar-refractivity contribution >= 4 is 23.5 Å². The van der Waals surface area contributed by atoms with E-state index in [1.165, 1.54) is 0 Å². The molecule has 2 heterocycles. The predicted octanol–water partition coefficient (Wildman–Crippen LogP) is 3.38. The first-order valence-electron chi connectivity index (χ1n) is 11.0. The largest absolute Gasteiger partial charge is 0.455 e. The van der Waals surface area contributed by atoms with Gasteiger partial charge in [0.15, 0.2) is 11.6 Å². The molecule has 2 aromatic heterocycles. The molecule has 0 aliphatic rings. The van der Waals surface area contributed by atoms with Crippen LogP contribution in [0.3, 0.4) is 0 Å². The Morgan fingerprint density at radius 2 is 1.76 bits per heavy atom. The lowest BCUT2D eigenvalue weighted by molar-refractivity contribution is 0.0739. The van der Waals surface area contributed by atoms with Crippen LogP contribution in [0.1, 0.15) is 75.7 Å². The van der Waals surface area contributed by atoms with Gasteiger partial charge in [0.25, 0.3) is 17.7 Å². The summed E-state index contributed by atoms with van der Waals surface area (Å²) in [6.07, 6.45) is 2.14. The van der Waals surface area contributed by atoms with Crippen LogP contribution in [-0.4, -0.2) is 45.7 Å². The van der Waals surface area contributed by atoms with E-state index in [2.05, 4.69) is 22.2 Å². The maximum absolute atomic E-state index is 12.6. The molecule has 4 N–H and O–H groups in total. The Bertz CT molecular complexity index is 1130. The number of amides is 3. The zero-order valence-electron chi connectivity index (χ0n) is 19.1. The number of carbonyl (C=O) groups excluding carboxylic acids is 3. The third kappa shape index (κ3) is 5.68. The first-order chi connectivity index (χ1) is 15.9. The Morgan fingerprint density at radius 1 is 1.06 bits per heavy atom. The van der Waals surface area contributed by atoms with E-state index in [-0.39, 0.29) is 29.6 Å². The zero-order chi connectivity index (χ0) is 24.0. The second-order valence-electron chi connectivity index (χ2n) is 7.59. The van der Waals surface area contributed by atoms with E-state index < -0.39 is 11.8 Å². The monoisotopic (exact) mass is 451 g/mol. The number of nitrogens with zero attached hydrogens (tertiary/aromatic N) is 2. The molecule has 9 nitrogen and oxygen atoms in total. The quantitative estimate of drug-likeness (QED) is 0.434. The van der Waals surface area contributed by atoms with Crippen LogP contribution in [0.4, 0.5) is 5.82 Å². The van der Waals surface area contributed by atoms with Crippen molar-refractivity contribution < 1.29 is 18.8 Å². The van der Waals surface area contributed by atoms with Crippen molar-refractivity contribution in [1.82, 2.24) is 14.9 Å². The fourth-order valence-electron chi connectivity index (χ4n) is 3.49. The highest BCUT2D eigenvalue weighted by Crippen LogP contribution is 2.19. The van der Waals surface area contributed by atoms with Crippen LogP contribution in [-0.2, 0) is 12.8 Å². The van der Waals surface area contributed by atoms with Crippen LogP contribution >= 0.6 is 0 Å². The topological polar surface area (TPSA) is 134 Å². The van der Waals surface area contributed by atoms with Crippen molar-refractivity contribution in [3.8, 4) is 0 Å². The van der Waals surface area contributed by atoms with Gasteiger partial charge in [0.1, 0.15) is 17.3 Å². The van der Waals surface area contributed by atoms with E-state index >= 15 is 0 Å². The van der Waals surface area contributed by atoms with Crippen molar-refractivity contribution in [1.29, 1.82) is 0 Å². The summed E-state index contributed by atoms with van der Waals surface area (Å²) in [6, 6.07) is 10.6. The summed E-state index contributed by atoms with van der Waals surface area (Å²) in [5, 5.41) is 2.65. The number of carbonyl (C=O) groups is 3. The molecule has 0 radical (unpaired) electrons. The highest BCUT2D eigenvalue weighted by Gasteiger charge is 2.20. The normalized spacial score (nSPS) is 10.8. The summed E-state index contributed by atoms with van der Waals surface area (Å²) < 4.78 is 5.67. The summed E-state index contributed by atoms with van der Waals surface area (Å²) in [4.78, 5) is 45.8. The van der Waals surface area contributed by atoms with Gasteiger partial charge in [-0.2, -0.15) is 0 Å². The predicted molar refractivity (Wildman–Crippen MR) is 124 cm³/mol. The molecule has 0 bridgehead atoms. The summed E-state index contributed by atoms with van der Waals surface area (Å²) in [5.74, 6) is -0.209. The van der Waals surface area contributed by atoms with Crippen LogP contribution in [0.2, 0.25) is 0 Å². The first-order valence-corrected chi connectivity index (χ1v) is 11.0. The Hall–Kier alpha value is -3.88. The summed E-state index contributed by atoms with van der Waals surface area (Å²) in [6.45, 7) is 7.04. The lowest BCUT2D eigenvalue weighted by atomic mass is 10.1. The molecular weight excluding hydrogens is 422 g/mol. The van der Waals surface area contributed by atoms with Crippen molar-refractivity contribution in [3.63, 3.8) is 0 Å². The number of benzene rings is 1. The second-order valence-corrected chi connectivity index (χ2v) is 7.59. The smallest absolute Gasteiger partial charge is 0.289 e. The minimum absolute atomic E-state index is 0.00745. The van der Waals surface area contributed by atoms with Crippen LogP contribution in [0.5, 0.6) is 0 Å². The Labute approximate surface area is 192 Å². The standard InChI is InChI=1S/C24H29N5O4/c1-4-7-15-8-10-16(11-9-15)23(31)28-22-20(21(25)30)26-19(27-22)14-17-12-13-18(33-17)24(32)29(5-2)6-3/h8-13H,4-7,14H2,1-3H3,(H2,25,30)(H,26,27)(H,28,31). The maximum Gasteiger partial charge on any atom is 0.289 e. The van der Waals surface area contributed by atoms with E-state index in [0.717, 1.165) is 18.4 Å². The van der Waals surface area contributed by atoms with Gasteiger partial charge in [-0.3, -0.25) is 14.4 Å². The lowest BCUT2D eigenvalue weighted by Gasteiger charge is -2.16. The average Bonchev–Trinajstić information content (AvgIpc) is 3.42. The summed E-state index contributed by atoms with van der Waals surface area (Å²) in [7, 11) is 0. The Kier molecular flexibility index (Phi) is 7.66. The van der Waals surface area contributed by atoms with Gasteiger partial charge in [-0.05, 0) is 50.1 Å². The Balaban J connectivity index is 1.75. The SMILES string of the molecule is CCCc1ccc(C(=O)Nc2nc(Cc3ccc(C(=O)N(CC)CC)o3)[nH]c2C(N)=O)cc1. The highest BCUT2D eigenvalue weighted by molar-refractivity contribution is 6.07. The number of furan rings is 1. The third-order valence-corrected chi connectivity index (χ3v) is 5.25. The Morgan fingerprint density at radius 3 is 2.36 bits per heavy atom. The molecule has 0 atom stereocenters. The molecule has 0 aliphatic carbocycles. The number of rotatable bonds is 10. The number of aryl methyl sites for hydroxylation is 1. The number of aromatic nitrogens is 2. The third-order valence-electron chi connectivity index (χ3n) is 5.25. The van der Waals surface area contributed by atoms with Gasteiger partial charge in [0.2, 0.25) is 0 Å². The molecule has 9 heteroatoms. The number of nitrogens with one attached hydrogen (secondary N) is 2. The van der Waals surface area contributed by atoms with Crippen molar-refractivity contribution in [2.45, 2.75) is 40.0 Å². The molecule has 0 spiro atoms. The number of hydrogen-bond donors (Lipinski definition) is 3. The maximum atomic E-state index is 12.6. The lowest BCUT2D eigenvalue weighted by Crippen LogP contribution is -2.30. The molecule has 3 aromatic rings. The van der Waals surface area contributed by atoms with Gasteiger partial charge in [-0.15, -0.1) is 0 Å². The van der Waals surface area contributed by atoms with Gasteiger partial charge < -0.3 is 25.4 Å². The van der Waals surface area contributed by atoms with Gasteiger partial charge in [0.05, 0.1) is 6.42 Å². The molecule has 0 unspecified atom stereocenters. The fraction of sp³-hybridized carbons (Fsp3) is 0.333. The van der Waals surface area contributed by atoms with E-state index in [4.69, 9.17) is 10.2 Å². The number of aromatic amines is 1. The molecule has 0 saturated carbocycles. The summed E-state index contributed by atoms with van der Waals surface area (Å²) >= 11 is 0. The number of nitrogens with two attached hydrogens (primary N) is 1. The van der Waals surface area contributed by atoms with Gasteiger partial charge >= 0.3 is 0 Å². The number of primary amides is 1. The summed E-state index contributed by atoms with van der Waals surface area (Å²) in [5.41, 5.74) is 7.04. The minimum Gasteiger partial charge on any atom is -0.455 e. The van der Waals surface area contributed by atoms with Crippen LogP contribution in [0, 0.1) is 0 Å². The van der Waals surface area contributed by atoms with Gasteiger partial charge in [0, 0.05) is 18.7 Å². The molecule has 174 valence electrons. The zero-order valence-corrected chi connectivity index (χ0v) is 19.1. The van der Waals surface area contributed by atoms with E-state index in [9.17, 15) is 14.4 Å². The number of hydrogen-bond acceptors (Lipinski definition) is 5. The van der Waals surface area contributed by atoms with Crippen molar-refractivity contribution in [2.24, 2.45) is 5.73 Å². The first kappa shape index (κ1) is 23.8. The number of imidazole rings is 1. The fourth-order valence-corrected chi connectivity index (χ4v) is 3.49. The number of H-pyrrole nitrogens is 1. The molecular formula is C24H29N5O4. The van der Waals surface area contributed by atoms with E-state index in [1.54, 1.807) is 29.2 Å². The molecule has 0 fully saturated rings. The molecule has 3 amide bonds. The highest BCUT2D eigenvalue weighted by atomic mass is 16.4. The van der Waals surface area contributed by atoms with Gasteiger partial charge in [-0.25, -0.2) is 4.98 Å².